The third-order valence-corrected chi connectivity index (χ3v) is 5.71. The highest BCUT2D eigenvalue weighted by Gasteiger charge is 2.34. The molecule has 156 valence electrons. The van der Waals surface area contributed by atoms with Gasteiger partial charge in [-0.1, -0.05) is 30.3 Å². The van der Waals surface area contributed by atoms with Crippen LogP contribution in [0.2, 0.25) is 0 Å². The number of piperidine rings is 1. The lowest BCUT2D eigenvalue weighted by Gasteiger charge is -2.34. The average Bonchev–Trinajstić information content (AvgIpc) is 3.16. The molecule has 4 rings (SSSR count). The van der Waals surface area contributed by atoms with Gasteiger partial charge in [0.1, 0.15) is 18.4 Å². The Bertz CT molecular complexity index is 1040. The second-order valence-corrected chi connectivity index (χ2v) is 7.61. The van der Waals surface area contributed by atoms with E-state index < -0.39 is 23.9 Å². The number of carboxylic acids is 2. The van der Waals surface area contributed by atoms with Gasteiger partial charge in [-0.25, -0.2) is 0 Å². The number of carboxylic acid groups (broad SMARTS) is 2. The molecule has 1 aliphatic heterocycles. The molecule has 0 radical (unpaired) electrons. The van der Waals surface area contributed by atoms with Crippen molar-refractivity contribution in [2.45, 2.75) is 25.5 Å². The third kappa shape index (κ3) is 4.16. The Morgan fingerprint density at radius 3 is 2.50 bits per heavy atom. The number of nitrogens with zero attached hydrogens (tertiary/aromatic N) is 1. The first-order valence-electron chi connectivity index (χ1n) is 10.0. The Labute approximate surface area is 173 Å². The minimum Gasteiger partial charge on any atom is -0.489 e. The molecule has 30 heavy (non-hydrogen) atoms. The average molecular weight is 408 g/mol. The largest absolute Gasteiger partial charge is 0.489 e. The summed E-state index contributed by atoms with van der Waals surface area (Å²) in [6.45, 7) is 1.34. The number of aromatic amines is 1. The number of aromatic nitrogens is 1. The van der Waals surface area contributed by atoms with Crippen molar-refractivity contribution < 1.29 is 24.5 Å². The molecule has 0 saturated carbocycles. The minimum atomic E-state index is -0.936. The Kier molecular flexibility index (Phi) is 5.72. The van der Waals surface area contributed by atoms with Gasteiger partial charge >= 0.3 is 11.9 Å². The molecule has 0 aliphatic carbocycles. The zero-order valence-electron chi connectivity index (χ0n) is 16.5. The minimum absolute atomic E-state index is 0.400. The van der Waals surface area contributed by atoms with Crippen LogP contribution in [0.15, 0.2) is 54.7 Å². The van der Waals surface area contributed by atoms with E-state index in [1.165, 1.54) is 0 Å². The number of aliphatic carboxylic acids is 2. The van der Waals surface area contributed by atoms with Gasteiger partial charge < -0.3 is 19.9 Å². The summed E-state index contributed by atoms with van der Waals surface area (Å²) in [6, 6.07) is 14.7. The maximum absolute atomic E-state index is 12.1. The first-order valence-corrected chi connectivity index (χ1v) is 10.0. The van der Waals surface area contributed by atoms with Crippen LogP contribution < -0.4 is 4.74 Å². The van der Waals surface area contributed by atoms with Crippen LogP contribution >= 0.6 is 0 Å². The van der Waals surface area contributed by atoms with E-state index in [0.717, 1.165) is 16.5 Å². The zero-order chi connectivity index (χ0) is 21.1. The topological polar surface area (TPSA) is 103 Å². The van der Waals surface area contributed by atoms with Gasteiger partial charge in [0, 0.05) is 41.8 Å². The fraction of sp³-hybridized carbons (Fsp3) is 0.304. The highest BCUT2D eigenvalue weighted by molar-refractivity contribution is 5.90. The monoisotopic (exact) mass is 408 g/mol. The molecule has 0 bridgehead atoms. The van der Waals surface area contributed by atoms with Gasteiger partial charge in [0.05, 0.1) is 5.92 Å². The quantitative estimate of drug-likeness (QED) is 0.551. The predicted octanol–water partition coefficient (Wildman–Crippen LogP) is 3.67. The molecule has 1 fully saturated rings. The van der Waals surface area contributed by atoms with Gasteiger partial charge in [0.2, 0.25) is 0 Å². The number of H-pyrrole nitrogens is 1. The number of fused-ring (bicyclic) bond motifs is 1. The highest BCUT2D eigenvalue weighted by atomic mass is 16.5. The van der Waals surface area contributed by atoms with Gasteiger partial charge in [-0.3, -0.25) is 14.5 Å². The lowest BCUT2D eigenvalue weighted by molar-refractivity contribution is -0.146. The van der Waals surface area contributed by atoms with Crippen molar-refractivity contribution in [2.24, 2.45) is 5.92 Å². The van der Waals surface area contributed by atoms with Gasteiger partial charge in [0.25, 0.3) is 0 Å². The Hall–Kier alpha value is -3.32. The molecule has 3 N–H and O–H groups in total. The summed E-state index contributed by atoms with van der Waals surface area (Å²) in [4.78, 5) is 28.3. The SMILES string of the molecule is O=C(O)C1CCN([C@H](C(=O)O)c2c[nH]c3cc(OCc4ccccc4)ccc23)CC1. The van der Waals surface area contributed by atoms with Crippen LogP contribution in [0.4, 0.5) is 0 Å². The molecule has 0 unspecified atom stereocenters. The van der Waals surface area contributed by atoms with Gasteiger partial charge in [-0.05, 0) is 30.5 Å². The fourth-order valence-electron chi connectivity index (χ4n) is 4.08. The number of benzene rings is 2. The van der Waals surface area contributed by atoms with Crippen LogP contribution in [0.3, 0.4) is 0 Å². The molecule has 0 amide bonds. The number of hydrogen-bond acceptors (Lipinski definition) is 4. The molecular weight excluding hydrogens is 384 g/mol. The number of hydrogen-bond donors (Lipinski definition) is 3. The molecular formula is C23H24N2O5. The van der Waals surface area contributed by atoms with E-state index in [4.69, 9.17) is 4.74 Å². The van der Waals surface area contributed by atoms with E-state index in [0.29, 0.717) is 43.9 Å². The third-order valence-electron chi connectivity index (χ3n) is 5.71. The maximum atomic E-state index is 12.1. The Morgan fingerprint density at radius 1 is 1.10 bits per heavy atom. The van der Waals surface area contributed by atoms with Gasteiger partial charge in [-0.15, -0.1) is 0 Å². The van der Waals surface area contributed by atoms with E-state index in [1.54, 1.807) is 6.20 Å². The van der Waals surface area contributed by atoms with Crippen LogP contribution in [0.25, 0.3) is 10.9 Å². The lowest BCUT2D eigenvalue weighted by atomic mass is 9.94. The van der Waals surface area contributed by atoms with Crippen molar-refractivity contribution in [3.8, 4) is 5.75 Å². The molecule has 2 heterocycles. The second kappa shape index (κ2) is 8.59. The molecule has 7 nitrogen and oxygen atoms in total. The number of likely N-dealkylation sites (tertiary alicyclic amines) is 1. The summed E-state index contributed by atoms with van der Waals surface area (Å²) in [6.07, 6.45) is 2.64. The second-order valence-electron chi connectivity index (χ2n) is 7.61. The van der Waals surface area contributed by atoms with Crippen molar-refractivity contribution in [3.63, 3.8) is 0 Å². The number of rotatable bonds is 7. The fourth-order valence-corrected chi connectivity index (χ4v) is 4.08. The lowest BCUT2D eigenvalue weighted by Crippen LogP contribution is -2.41. The highest BCUT2D eigenvalue weighted by Crippen LogP contribution is 2.33. The van der Waals surface area contributed by atoms with E-state index in [9.17, 15) is 19.8 Å². The van der Waals surface area contributed by atoms with Crippen LogP contribution in [0, 0.1) is 5.92 Å². The number of carbonyl (C=O) groups is 2. The normalized spacial score (nSPS) is 16.4. The molecule has 1 aromatic heterocycles. The van der Waals surface area contributed by atoms with Crippen molar-refractivity contribution in [3.05, 3.63) is 65.9 Å². The van der Waals surface area contributed by atoms with Crippen LogP contribution in [-0.4, -0.2) is 45.1 Å². The van der Waals surface area contributed by atoms with Crippen molar-refractivity contribution in [1.82, 2.24) is 9.88 Å². The maximum Gasteiger partial charge on any atom is 0.325 e. The molecule has 1 atom stereocenters. The predicted molar refractivity (Wildman–Crippen MR) is 111 cm³/mol. The zero-order valence-corrected chi connectivity index (χ0v) is 16.5. The summed E-state index contributed by atoms with van der Waals surface area (Å²) in [5.74, 6) is -1.44. The molecule has 7 heteroatoms. The number of nitrogens with one attached hydrogen (secondary N) is 1. The molecule has 2 aromatic carbocycles. The van der Waals surface area contributed by atoms with Crippen LogP contribution in [0.1, 0.15) is 30.0 Å². The van der Waals surface area contributed by atoms with Crippen molar-refractivity contribution in [2.75, 3.05) is 13.1 Å². The molecule has 1 aliphatic rings. The molecule has 3 aromatic rings. The smallest absolute Gasteiger partial charge is 0.325 e. The van der Waals surface area contributed by atoms with E-state index >= 15 is 0 Å². The molecule has 0 spiro atoms. The Balaban J connectivity index is 1.52. The first kappa shape index (κ1) is 20.0. The Morgan fingerprint density at radius 2 is 1.83 bits per heavy atom. The summed E-state index contributed by atoms with van der Waals surface area (Å²) in [7, 11) is 0. The van der Waals surface area contributed by atoms with Gasteiger partial charge in [0.15, 0.2) is 0 Å². The standard InChI is InChI=1S/C23H24N2O5/c26-22(27)16-8-10-25(11-9-16)21(23(28)29)19-13-24-20-12-17(6-7-18(19)20)30-14-15-4-2-1-3-5-15/h1-7,12-13,16,21,24H,8-11,14H2,(H,26,27)(H,28,29)/t21-/m0/s1. The summed E-state index contributed by atoms with van der Waals surface area (Å²) < 4.78 is 5.87. The van der Waals surface area contributed by atoms with Crippen LogP contribution in [0.5, 0.6) is 5.75 Å². The summed E-state index contributed by atoms with van der Waals surface area (Å²) in [5.41, 5.74) is 2.56. The van der Waals surface area contributed by atoms with E-state index in [-0.39, 0.29) is 0 Å². The molecule has 1 saturated heterocycles. The van der Waals surface area contributed by atoms with Crippen molar-refractivity contribution >= 4 is 22.8 Å². The summed E-state index contributed by atoms with van der Waals surface area (Å²) >= 11 is 0. The van der Waals surface area contributed by atoms with Gasteiger partial charge in [-0.2, -0.15) is 0 Å². The van der Waals surface area contributed by atoms with Crippen LogP contribution in [-0.2, 0) is 16.2 Å². The van der Waals surface area contributed by atoms with E-state index in [1.807, 2.05) is 53.4 Å². The number of ether oxygens (including phenoxy) is 1. The summed E-state index contributed by atoms with van der Waals surface area (Å²) in [5, 5.41) is 19.9. The first-order chi connectivity index (χ1) is 14.5. The van der Waals surface area contributed by atoms with Crippen molar-refractivity contribution in [1.29, 1.82) is 0 Å². The van der Waals surface area contributed by atoms with E-state index in [2.05, 4.69) is 4.98 Å².